The zero-order valence-electron chi connectivity index (χ0n) is 23.3. The lowest BCUT2D eigenvalue weighted by Gasteiger charge is -2.20. The summed E-state index contributed by atoms with van der Waals surface area (Å²) in [5.41, 5.74) is 10.3. The molecule has 1 N–H and O–H groups in total. The summed E-state index contributed by atoms with van der Waals surface area (Å²) in [6, 6.07) is 40.5. The lowest BCUT2D eigenvalue weighted by atomic mass is 9.84. The van der Waals surface area contributed by atoms with E-state index in [0.717, 1.165) is 6.54 Å². The number of benzene rings is 6. The molecule has 1 heterocycles. The minimum Gasteiger partial charge on any atom is -0.381 e. The third-order valence-corrected chi connectivity index (χ3v) is 8.36. The first-order valence-electron chi connectivity index (χ1n) is 14.3. The van der Waals surface area contributed by atoms with Crippen LogP contribution in [-0.4, -0.2) is 6.54 Å². The number of fused-ring (bicyclic) bond motifs is 3. The van der Waals surface area contributed by atoms with Crippen LogP contribution in [0.4, 0.5) is 0 Å². The van der Waals surface area contributed by atoms with Crippen LogP contribution in [0.1, 0.15) is 37.8 Å². The molecule has 1 nitrogen and oxygen atoms in total. The van der Waals surface area contributed by atoms with Gasteiger partial charge in [0.2, 0.25) is 0 Å². The van der Waals surface area contributed by atoms with E-state index in [2.05, 4.69) is 147 Å². The van der Waals surface area contributed by atoms with Crippen LogP contribution < -0.4 is 5.32 Å². The first-order valence-corrected chi connectivity index (χ1v) is 14.3. The fourth-order valence-corrected chi connectivity index (χ4v) is 6.38. The monoisotopic (exact) mass is 515 g/mol. The molecule has 0 saturated carbocycles. The molecule has 0 amide bonds. The lowest BCUT2D eigenvalue weighted by molar-refractivity contribution is 0.876. The Morgan fingerprint density at radius 1 is 0.525 bits per heavy atom. The summed E-state index contributed by atoms with van der Waals surface area (Å²) in [6.45, 7) is 7.62. The number of hydrogen-bond acceptors (Lipinski definition) is 1. The molecule has 0 unspecified atom stereocenters. The van der Waals surface area contributed by atoms with Crippen LogP contribution in [0.2, 0.25) is 0 Å². The van der Waals surface area contributed by atoms with Gasteiger partial charge in [-0.2, -0.15) is 0 Å². The summed E-state index contributed by atoms with van der Waals surface area (Å²) in [6.07, 6.45) is 4.39. The maximum atomic E-state index is 3.55. The summed E-state index contributed by atoms with van der Waals surface area (Å²) >= 11 is 0. The zero-order valence-corrected chi connectivity index (χ0v) is 23.3. The minimum atomic E-state index is 0.470. The quantitative estimate of drug-likeness (QED) is 0.230. The van der Waals surface area contributed by atoms with Gasteiger partial charge in [0.25, 0.3) is 0 Å². The smallest absolute Gasteiger partial charge is 0.0416 e. The van der Waals surface area contributed by atoms with Crippen molar-refractivity contribution in [2.75, 3.05) is 6.54 Å². The van der Waals surface area contributed by atoms with E-state index in [4.69, 9.17) is 0 Å². The molecule has 194 valence electrons. The number of dihydropyridines is 1. The largest absolute Gasteiger partial charge is 0.381 e. The molecule has 40 heavy (non-hydrogen) atoms. The molecule has 7 rings (SSSR count). The maximum Gasteiger partial charge on any atom is 0.0416 e. The molecule has 0 aromatic heterocycles. The molecule has 0 fully saturated rings. The predicted molar refractivity (Wildman–Crippen MR) is 174 cm³/mol. The molecule has 0 aliphatic carbocycles. The Morgan fingerprint density at radius 3 is 1.68 bits per heavy atom. The maximum absolute atomic E-state index is 3.55. The van der Waals surface area contributed by atoms with Gasteiger partial charge in [-0.3, -0.25) is 0 Å². The fourth-order valence-electron chi connectivity index (χ4n) is 6.38. The van der Waals surface area contributed by atoms with E-state index in [9.17, 15) is 0 Å². The Kier molecular flexibility index (Phi) is 6.01. The molecule has 0 radical (unpaired) electrons. The van der Waals surface area contributed by atoms with Gasteiger partial charge in [0.15, 0.2) is 0 Å². The SMILES string of the molecule is CC1=CC=C(c2ccc(-c3c4ccccc4c(-c4cccc5c(C(C)C)cccc45)c4ccccc34)cc2)NC1. The van der Waals surface area contributed by atoms with Crippen molar-refractivity contribution in [1.82, 2.24) is 5.32 Å². The molecular formula is C39H33N. The van der Waals surface area contributed by atoms with Crippen molar-refractivity contribution in [2.45, 2.75) is 26.7 Å². The third kappa shape index (κ3) is 4.01. The summed E-state index contributed by atoms with van der Waals surface area (Å²) in [4.78, 5) is 0. The van der Waals surface area contributed by atoms with Gasteiger partial charge in [-0.15, -0.1) is 0 Å². The van der Waals surface area contributed by atoms with Gasteiger partial charge in [0.05, 0.1) is 0 Å². The Balaban J connectivity index is 1.50. The summed E-state index contributed by atoms with van der Waals surface area (Å²) in [5, 5.41) is 11.4. The van der Waals surface area contributed by atoms with Crippen molar-refractivity contribution in [3.63, 3.8) is 0 Å². The highest BCUT2D eigenvalue weighted by Gasteiger charge is 2.18. The summed E-state index contributed by atoms with van der Waals surface area (Å²) < 4.78 is 0. The standard InChI is InChI=1S/C39H33N/c1-25(2)29-14-8-16-31-30(29)15-9-17-32(31)39-35-12-6-4-10-33(35)38(34-11-5-7-13-36(34)39)28-21-19-27(20-22-28)37-23-18-26(3)24-40-37/h4-23,25,40H,24H2,1-3H3. The van der Waals surface area contributed by atoms with Crippen molar-refractivity contribution >= 4 is 38.0 Å². The van der Waals surface area contributed by atoms with E-state index >= 15 is 0 Å². The first kappa shape index (κ1) is 24.4. The molecule has 0 bridgehead atoms. The van der Waals surface area contributed by atoms with Gasteiger partial charge in [0.1, 0.15) is 0 Å². The van der Waals surface area contributed by atoms with Gasteiger partial charge in [-0.05, 0) is 84.6 Å². The van der Waals surface area contributed by atoms with E-state index in [0.29, 0.717) is 5.92 Å². The molecule has 6 aromatic carbocycles. The second-order valence-corrected chi connectivity index (χ2v) is 11.3. The van der Waals surface area contributed by atoms with Gasteiger partial charge in [0, 0.05) is 12.2 Å². The normalized spacial score (nSPS) is 13.5. The second-order valence-electron chi connectivity index (χ2n) is 11.3. The zero-order chi connectivity index (χ0) is 27.2. The molecular weight excluding hydrogens is 482 g/mol. The van der Waals surface area contributed by atoms with Crippen LogP contribution in [0, 0.1) is 0 Å². The average molecular weight is 516 g/mol. The van der Waals surface area contributed by atoms with Crippen LogP contribution in [0.25, 0.3) is 60.3 Å². The number of nitrogens with one attached hydrogen (secondary N) is 1. The van der Waals surface area contributed by atoms with Gasteiger partial charge in [-0.25, -0.2) is 0 Å². The van der Waals surface area contributed by atoms with E-state index in [-0.39, 0.29) is 0 Å². The van der Waals surface area contributed by atoms with Crippen LogP contribution in [0.5, 0.6) is 0 Å². The fraction of sp³-hybridized carbons (Fsp3) is 0.128. The van der Waals surface area contributed by atoms with Crippen molar-refractivity contribution in [3.05, 3.63) is 138 Å². The van der Waals surface area contributed by atoms with E-state index < -0.39 is 0 Å². The van der Waals surface area contributed by atoms with Crippen LogP contribution in [0.15, 0.2) is 127 Å². The third-order valence-electron chi connectivity index (χ3n) is 8.36. The number of hydrogen-bond donors (Lipinski definition) is 1. The molecule has 0 spiro atoms. The van der Waals surface area contributed by atoms with Crippen LogP contribution >= 0.6 is 0 Å². The average Bonchev–Trinajstić information content (AvgIpc) is 3.00. The Hall–Kier alpha value is -4.62. The highest BCUT2D eigenvalue weighted by Crippen LogP contribution is 2.45. The van der Waals surface area contributed by atoms with E-state index in [1.165, 1.54) is 77.0 Å². The highest BCUT2D eigenvalue weighted by atomic mass is 14.9. The number of rotatable bonds is 4. The van der Waals surface area contributed by atoms with Gasteiger partial charge in [-0.1, -0.05) is 135 Å². The highest BCUT2D eigenvalue weighted by molar-refractivity contribution is 6.23. The second kappa shape index (κ2) is 9.84. The number of allylic oxidation sites excluding steroid dienone is 2. The molecule has 1 aliphatic rings. The molecule has 6 aromatic rings. The topological polar surface area (TPSA) is 12.0 Å². The molecule has 1 aliphatic heterocycles. The minimum absolute atomic E-state index is 0.470. The van der Waals surface area contributed by atoms with Gasteiger partial charge >= 0.3 is 0 Å². The van der Waals surface area contributed by atoms with E-state index in [1.807, 2.05) is 0 Å². The summed E-state index contributed by atoms with van der Waals surface area (Å²) in [5.74, 6) is 0.470. The molecule has 0 saturated heterocycles. The van der Waals surface area contributed by atoms with Crippen molar-refractivity contribution in [2.24, 2.45) is 0 Å². The molecule has 1 heteroatoms. The Bertz CT molecular complexity index is 1910. The Labute approximate surface area is 236 Å². The molecule has 0 atom stereocenters. The van der Waals surface area contributed by atoms with Gasteiger partial charge < -0.3 is 5.32 Å². The lowest BCUT2D eigenvalue weighted by Crippen LogP contribution is -2.17. The predicted octanol–water partition coefficient (Wildman–Crippen LogP) is 10.5. The summed E-state index contributed by atoms with van der Waals surface area (Å²) in [7, 11) is 0. The first-order chi connectivity index (χ1) is 19.6. The van der Waals surface area contributed by atoms with Crippen LogP contribution in [-0.2, 0) is 0 Å². The van der Waals surface area contributed by atoms with Crippen molar-refractivity contribution in [1.29, 1.82) is 0 Å². The van der Waals surface area contributed by atoms with Crippen molar-refractivity contribution < 1.29 is 0 Å². The Morgan fingerprint density at radius 2 is 1.07 bits per heavy atom. The van der Waals surface area contributed by atoms with Crippen molar-refractivity contribution in [3.8, 4) is 22.3 Å². The van der Waals surface area contributed by atoms with E-state index in [1.54, 1.807) is 0 Å². The van der Waals surface area contributed by atoms with Crippen LogP contribution in [0.3, 0.4) is 0 Å².